The lowest BCUT2D eigenvalue weighted by molar-refractivity contribution is -0.159. The van der Waals surface area contributed by atoms with Crippen molar-refractivity contribution in [3.8, 4) is 0 Å². The summed E-state index contributed by atoms with van der Waals surface area (Å²) >= 11 is 0. The fourth-order valence-corrected chi connectivity index (χ4v) is 6.18. The first kappa shape index (κ1) is 23.6. The van der Waals surface area contributed by atoms with Crippen LogP contribution >= 0.6 is 0 Å². The van der Waals surface area contributed by atoms with Crippen molar-refractivity contribution in [2.24, 2.45) is 0 Å². The first-order valence-corrected chi connectivity index (χ1v) is 11.9. The number of fused-ring (bicyclic) bond motifs is 6. The van der Waals surface area contributed by atoms with E-state index in [4.69, 9.17) is 19.2 Å². The van der Waals surface area contributed by atoms with Gasteiger partial charge in [-0.2, -0.15) is 0 Å². The van der Waals surface area contributed by atoms with Gasteiger partial charge in [0.15, 0.2) is 11.2 Å². The van der Waals surface area contributed by atoms with Crippen LogP contribution in [0.15, 0.2) is 48.5 Å². The topological polar surface area (TPSA) is 125 Å². The average molecular weight is 511 g/mol. The first-order valence-electron chi connectivity index (χ1n) is 11.9. The summed E-state index contributed by atoms with van der Waals surface area (Å²) in [5.41, 5.74) is 0.531. The van der Waals surface area contributed by atoms with E-state index in [9.17, 15) is 19.2 Å². The Morgan fingerprint density at radius 1 is 0.868 bits per heavy atom. The Labute approximate surface area is 215 Å². The third-order valence-electron chi connectivity index (χ3n) is 7.63. The number of carbonyl (C=O) groups is 4. The molecular formula is C29H22N2O7. The molecule has 38 heavy (non-hydrogen) atoms. The second-order valence-electron chi connectivity index (χ2n) is 9.24. The van der Waals surface area contributed by atoms with Gasteiger partial charge in [-0.1, -0.05) is 36.4 Å². The summed E-state index contributed by atoms with van der Waals surface area (Å²) in [6.45, 7) is 1.23. The number of aromatic amines is 1. The number of benzene rings is 3. The van der Waals surface area contributed by atoms with Gasteiger partial charge in [-0.3, -0.25) is 14.4 Å². The second-order valence-corrected chi connectivity index (χ2v) is 9.24. The van der Waals surface area contributed by atoms with Gasteiger partial charge < -0.3 is 19.2 Å². The van der Waals surface area contributed by atoms with Gasteiger partial charge >= 0.3 is 17.9 Å². The molecule has 2 heterocycles. The molecule has 2 unspecified atom stereocenters. The number of ether oxygens (including phenoxy) is 3. The molecule has 0 saturated carbocycles. The summed E-state index contributed by atoms with van der Waals surface area (Å²) in [6, 6.07) is 14.4. The molecule has 1 N–H and O–H groups in total. The number of aromatic nitrogens is 2. The van der Waals surface area contributed by atoms with Crippen molar-refractivity contribution in [3.05, 3.63) is 65.2 Å². The molecule has 9 nitrogen and oxygen atoms in total. The molecule has 0 fully saturated rings. The van der Waals surface area contributed by atoms with Crippen LogP contribution in [0.4, 0.5) is 0 Å². The molecule has 0 saturated heterocycles. The van der Waals surface area contributed by atoms with Crippen molar-refractivity contribution in [1.82, 2.24) is 9.97 Å². The Morgan fingerprint density at radius 3 is 2.21 bits per heavy atom. The third kappa shape index (κ3) is 2.67. The van der Waals surface area contributed by atoms with Gasteiger partial charge in [-0.15, -0.1) is 0 Å². The van der Waals surface area contributed by atoms with Crippen molar-refractivity contribution in [2.75, 3.05) is 21.3 Å². The predicted molar refractivity (Wildman–Crippen MR) is 139 cm³/mol. The lowest BCUT2D eigenvalue weighted by Crippen LogP contribution is -2.49. The van der Waals surface area contributed by atoms with Crippen LogP contribution in [0.25, 0.3) is 43.6 Å². The van der Waals surface area contributed by atoms with Crippen LogP contribution in [-0.2, 0) is 34.0 Å². The molecule has 1 aliphatic rings. The highest BCUT2D eigenvalue weighted by atomic mass is 16.5. The SMILES string of the molecule is COC(=O)c1c2c3c(c4ccccc4nc3c3[nH]c4ccccc4c13)C(C(C)=O)(C(=O)OC)C2C(=O)OC. The monoisotopic (exact) mass is 510 g/mol. The van der Waals surface area contributed by atoms with Crippen LogP contribution in [-0.4, -0.2) is 55.0 Å². The number of hydrogen-bond acceptors (Lipinski definition) is 8. The summed E-state index contributed by atoms with van der Waals surface area (Å²) in [4.78, 5) is 62.9. The number of nitrogens with one attached hydrogen (secondary N) is 1. The summed E-state index contributed by atoms with van der Waals surface area (Å²) in [5.74, 6) is -4.67. The number of methoxy groups -OCH3 is 3. The number of nitrogens with zero attached hydrogens (tertiary/aromatic N) is 1. The van der Waals surface area contributed by atoms with Gasteiger partial charge in [0.1, 0.15) is 5.92 Å². The zero-order chi connectivity index (χ0) is 26.9. The summed E-state index contributed by atoms with van der Waals surface area (Å²) in [7, 11) is 3.56. The summed E-state index contributed by atoms with van der Waals surface area (Å²) in [6.07, 6.45) is 0. The van der Waals surface area contributed by atoms with Crippen molar-refractivity contribution >= 4 is 67.3 Å². The van der Waals surface area contributed by atoms with Crippen molar-refractivity contribution < 1.29 is 33.4 Å². The van der Waals surface area contributed by atoms with E-state index in [2.05, 4.69) is 4.98 Å². The zero-order valence-electron chi connectivity index (χ0n) is 21.0. The average Bonchev–Trinajstić information content (AvgIpc) is 3.48. The van der Waals surface area contributed by atoms with E-state index < -0.39 is 35.0 Å². The van der Waals surface area contributed by atoms with E-state index in [1.54, 1.807) is 24.3 Å². The van der Waals surface area contributed by atoms with Crippen molar-refractivity contribution in [1.29, 1.82) is 0 Å². The minimum Gasteiger partial charge on any atom is -0.468 e. The smallest absolute Gasteiger partial charge is 0.338 e. The molecule has 9 heteroatoms. The van der Waals surface area contributed by atoms with E-state index in [0.717, 1.165) is 12.6 Å². The highest BCUT2D eigenvalue weighted by Gasteiger charge is 2.63. The predicted octanol–water partition coefficient (Wildman–Crippen LogP) is 4.08. The molecule has 5 aromatic rings. The third-order valence-corrected chi connectivity index (χ3v) is 7.63. The molecule has 0 bridgehead atoms. The number of H-pyrrole nitrogens is 1. The number of pyridine rings is 1. The second kappa shape index (κ2) is 8.11. The molecule has 2 atom stereocenters. The Morgan fingerprint density at radius 2 is 1.55 bits per heavy atom. The minimum absolute atomic E-state index is 0.0632. The maximum absolute atomic E-state index is 13.8. The summed E-state index contributed by atoms with van der Waals surface area (Å²) in [5, 5.41) is 2.00. The van der Waals surface area contributed by atoms with Crippen LogP contribution in [0.2, 0.25) is 0 Å². The van der Waals surface area contributed by atoms with Gasteiger partial charge in [0, 0.05) is 27.1 Å². The molecule has 3 aromatic carbocycles. The molecule has 0 amide bonds. The number of hydrogen-bond donors (Lipinski definition) is 1. The highest BCUT2D eigenvalue weighted by Crippen LogP contribution is 2.57. The van der Waals surface area contributed by atoms with Crippen LogP contribution in [0.3, 0.4) is 0 Å². The highest BCUT2D eigenvalue weighted by molar-refractivity contribution is 6.31. The fourth-order valence-electron chi connectivity index (χ4n) is 6.18. The Bertz CT molecular complexity index is 1890. The molecule has 0 aliphatic heterocycles. The maximum atomic E-state index is 13.8. The standard InChI is InChI=1S/C29H22N2O7/c1-13(32)29(28(35)38-4)22-15-10-6-8-12-17(15)31-25-21(22)19(23(29)27(34)37-3)20(26(33)36-2)18-14-9-5-7-11-16(14)30-24(18)25/h5-12,23,30H,1-4H3. The first-order chi connectivity index (χ1) is 18.3. The largest absolute Gasteiger partial charge is 0.468 e. The van der Waals surface area contributed by atoms with E-state index in [1.165, 1.54) is 21.1 Å². The quantitative estimate of drug-likeness (QED) is 0.166. The number of esters is 3. The number of carbonyl (C=O) groups excluding carboxylic acids is 4. The fraction of sp³-hybridized carbons (Fsp3) is 0.207. The van der Waals surface area contributed by atoms with Crippen LogP contribution in [0.5, 0.6) is 0 Å². The van der Waals surface area contributed by atoms with E-state index in [-0.39, 0.29) is 16.7 Å². The Hall–Kier alpha value is -4.79. The molecule has 190 valence electrons. The number of Topliss-reactive ketones (excluding diaryl/α,β-unsaturated/α-hetero) is 1. The normalized spacial score (nSPS) is 18.3. The zero-order valence-corrected chi connectivity index (χ0v) is 21.0. The van der Waals surface area contributed by atoms with Crippen molar-refractivity contribution in [2.45, 2.75) is 18.3 Å². The Kier molecular flexibility index (Phi) is 5.03. The van der Waals surface area contributed by atoms with Gasteiger partial charge in [-0.25, -0.2) is 9.78 Å². The van der Waals surface area contributed by atoms with Crippen molar-refractivity contribution in [3.63, 3.8) is 0 Å². The molecule has 2 aromatic heterocycles. The Balaban J connectivity index is 2.02. The van der Waals surface area contributed by atoms with E-state index in [0.29, 0.717) is 38.1 Å². The summed E-state index contributed by atoms with van der Waals surface area (Å²) < 4.78 is 15.6. The van der Waals surface area contributed by atoms with E-state index >= 15 is 0 Å². The molecule has 6 rings (SSSR count). The number of rotatable bonds is 4. The molecule has 0 radical (unpaired) electrons. The lowest BCUT2D eigenvalue weighted by atomic mass is 9.69. The van der Waals surface area contributed by atoms with E-state index in [1.807, 2.05) is 24.3 Å². The van der Waals surface area contributed by atoms with Gasteiger partial charge in [-0.05, 0) is 30.2 Å². The number of ketones is 1. The van der Waals surface area contributed by atoms with Crippen LogP contribution in [0, 0.1) is 0 Å². The maximum Gasteiger partial charge on any atom is 0.338 e. The van der Waals surface area contributed by atoms with Crippen LogP contribution < -0.4 is 0 Å². The molecule has 1 aliphatic carbocycles. The molecule has 0 spiro atoms. The van der Waals surface area contributed by atoms with Crippen LogP contribution in [0.1, 0.15) is 34.3 Å². The van der Waals surface area contributed by atoms with Gasteiger partial charge in [0.2, 0.25) is 0 Å². The number of para-hydroxylation sites is 2. The minimum atomic E-state index is -2.12. The molecular weight excluding hydrogens is 488 g/mol. The van der Waals surface area contributed by atoms with Gasteiger partial charge in [0.25, 0.3) is 0 Å². The van der Waals surface area contributed by atoms with Gasteiger partial charge in [0.05, 0.1) is 43.4 Å². The lowest BCUT2D eigenvalue weighted by Gasteiger charge is -2.31.